The van der Waals surface area contributed by atoms with Crippen molar-refractivity contribution in [1.29, 1.82) is 0 Å². The largest absolute Gasteiger partial charge is 0.497 e. The number of benzene rings is 2. The van der Waals surface area contributed by atoms with Gasteiger partial charge in [-0.25, -0.2) is 0 Å². The quantitative estimate of drug-likeness (QED) is 0.413. The summed E-state index contributed by atoms with van der Waals surface area (Å²) in [6.07, 6.45) is 6.49. The molecule has 1 aliphatic heterocycles. The summed E-state index contributed by atoms with van der Waals surface area (Å²) >= 11 is 0. The first-order valence-corrected chi connectivity index (χ1v) is 12.9. The van der Waals surface area contributed by atoms with E-state index in [1.54, 1.807) is 7.11 Å². The third kappa shape index (κ3) is 5.66. The van der Waals surface area contributed by atoms with Crippen LogP contribution in [-0.2, 0) is 11.8 Å². The summed E-state index contributed by atoms with van der Waals surface area (Å²) in [7, 11) is 3.64. The topological polar surface area (TPSA) is 76.8 Å². The predicted octanol–water partition coefficient (Wildman–Crippen LogP) is 5.36. The molecule has 1 N–H and O–H groups in total. The first kappa shape index (κ1) is 24.2. The molecule has 2 fully saturated rings. The molecule has 0 spiro atoms. The summed E-state index contributed by atoms with van der Waals surface area (Å²) in [5, 5.41) is 14.0. The number of aliphatic carboxylic acids is 1. The minimum absolute atomic E-state index is 0.0884. The van der Waals surface area contributed by atoms with Crippen molar-refractivity contribution in [2.24, 2.45) is 18.9 Å². The van der Waals surface area contributed by atoms with Crippen LogP contribution in [0.25, 0.3) is 11.3 Å². The van der Waals surface area contributed by atoms with E-state index in [9.17, 15) is 9.90 Å². The van der Waals surface area contributed by atoms with Crippen LogP contribution in [0, 0.1) is 11.8 Å². The molecule has 190 valence electrons. The zero-order valence-electron chi connectivity index (χ0n) is 21.1. The number of hydrogen-bond acceptors (Lipinski definition) is 5. The van der Waals surface area contributed by atoms with Crippen molar-refractivity contribution in [2.75, 3.05) is 31.7 Å². The van der Waals surface area contributed by atoms with Crippen molar-refractivity contribution in [3.8, 4) is 22.8 Å². The molecule has 1 atom stereocenters. The lowest BCUT2D eigenvalue weighted by Crippen LogP contribution is -2.35. The lowest BCUT2D eigenvalue weighted by atomic mass is 9.91. The molecule has 1 unspecified atom stereocenters. The Bertz CT molecular complexity index is 1190. The second-order valence-electron chi connectivity index (χ2n) is 10.1. The Morgan fingerprint density at radius 1 is 1.08 bits per heavy atom. The van der Waals surface area contributed by atoms with Crippen LogP contribution in [-0.4, -0.2) is 47.7 Å². The minimum atomic E-state index is -0.729. The van der Waals surface area contributed by atoms with Gasteiger partial charge >= 0.3 is 5.97 Å². The Morgan fingerprint density at radius 2 is 1.89 bits per heavy atom. The number of rotatable bonds is 10. The van der Waals surface area contributed by atoms with Crippen LogP contribution in [0.4, 0.5) is 5.69 Å². The molecule has 2 aromatic carbocycles. The van der Waals surface area contributed by atoms with Gasteiger partial charge < -0.3 is 19.5 Å². The van der Waals surface area contributed by atoms with E-state index in [0.717, 1.165) is 72.8 Å². The van der Waals surface area contributed by atoms with Crippen LogP contribution in [0.3, 0.4) is 0 Å². The highest BCUT2D eigenvalue weighted by Crippen LogP contribution is 2.45. The number of piperidine rings is 1. The van der Waals surface area contributed by atoms with E-state index in [2.05, 4.69) is 28.2 Å². The molecular weight excluding hydrogens is 454 g/mol. The minimum Gasteiger partial charge on any atom is -0.497 e. The standard InChI is InChI=1S/C29H35N3O4/c1-31-13-12-27(30-31)25-9-8-23(35-2)17-28(25)32-14-10-20(11-15-32)19-36-24-5-3-4-22(16-24)26(18-29(33)34)21-6-7-21/h3-5,8-9,12-13,16-17,20-21,26H,6-7,10-11,14-15,18-19H2,1-2H3,(H,33,34). The fourth-order valence-electron chi connectivity index (χ4n) is 5.31. The van der Waals surface area contributed by atoms with Crippen LogP contribution in [0.2, 0.25) is 0 Å². The molecular formula is C29H35N3O4. The molecule has 0 radical (unpaired) electrons. The Hall–Kier alpha value is -3.48. The van der Waals surface area contributed by atoms with Crippen molar-refractivity contribution in [1.82, 2.24) is 9.78 Å². The van der Waals surface area contributed by atoms with Crippen LogP contribution in [0.5, 0.6) is 11.5 Å². The average Bonchev–Trinajstić information content (AvgIpc) is 3.65. The maximum atomic E-state index is 11.4. The normalized spacial score (nSPS) is 17.1. The van der Waals surface area contributed by atoms with E-state index in [1.165, 1.54) is 0 Å². The Labute approximate surface area is 212 Å². The number of aryl methyl sites for hydroxylation is 1. The molecule has 5 rings (SSSR count). The lowest BCUT2D eigenvalue weighted by Gasteiger charge is -2.34. The van der Waals surface area contributed by atoms with E-state index < -0.39 is 5.97 Å². The van der Waals surface area contributed by atoms with E-state index >= 15 is 0 Å². The fraction of sp³-hybridized carbons (Fsp3) is 0.448. The molecule has 7 nitrogen and oxygen atoms in total. The summed E-state index contributed by atoms with van der Waals surface area (Å²) in [4.78, 5) is 13.8. The van der Waals surface area contributed by atoms with Gasteiger partial charge in [0.25, 0.3) is 0 Å². The van der Waals surface area contributed by atoms with Gasteiger partial charge in [-0.1, -0.05) is 12.1 Å². The summed E-state index contributed by atoms with van der Waals surface area (Å²) in [6, 6.07) is 16.3. The smallest absolute Gasteiger partial charge is 0.303 e. The molecule has 1 saturated carbocycles. The van der Waals surface area contributed by atoms with Crippen LogP contribution in [0.1, 0.15) is 43.6 Å². The molecule has 7 heteroatoms. The number of hydrogen-bond donors (Lipinski definition) is 1. The highest BCUT2D eigenvalue weighted by molar-refractivity contribution is 5.77. The molecule has 1 saturated heterocycles. The molecule has 0 amide bonds. The monoisotopic (exact) mass is 489 g/mol. The van der Waals surface area contributed by atoms with Crippen molar-refractivity contribution < 1.29 is 19.4 Å². The van der Waals surface area contributed by atoms with Gasteiger partial charge in [0, 0.05) is 43.7 Å². The van der Waals surface area contributed by atoms with Crippen molar-refractivity contribution >= 4 is 11.7 Å². The summed E-state index contributed by atoms with van der Waals surface area (Å²) < 4.78 is 13.6. The van der Waals surface area contributed by atoms with Gasteiger partial charge in [0.1, 0.15) is 11.5 Å². The predicted molar refractivity (Wildman–Crippen MR) is 140 cm³/mol. The van der Waals surface area contributed by atoms with Crippen LogP contribution >= 0.6 is 0 Å². The van der Waals surface area contributed by atoms with Gasteiger partial charge in [0.2, 0.25) is 0 Å². The van der Waals surface area contributed by atoms with Crippen molar-refractivity contribution in [3.63, 3.8) is 0 Å². The number of methoxy groups -OCH3 is 1. The molecule has 2 heterocycles. The average molecular weight is 490 g/mol. The molecule has 1 aliphatic carbocycles. The Kier molecular flexibility index (Phi) is 7.16. The van der Waals surface area contributed by atoms with Crippen LogP contribution in [0.15, 0.2) is 54.7 Å². The second kappa shape index (κ2) is 10.6. The zero-order chi connectivity index (χ0) is 25.1. The SMILES string of the molecule is COc1ccc(-c2ccn(C)n2)c(N2CCC(COc3cccc(C(CC(=O)O)C4CC4)c3)CC2)c1. The fourth-order valence-corrected chi connectivity index (χ4v) is 5.31. The van der Waals surface area contributed by atoms with Gasteiger partial charge in [-0.15, -0.1) is 0 Å². The van der Waals surface area contributed by atoms with E-state index in [4.69, 9.17) is 9.47 Å². The number of nitrogens with zero attached hydrogens (tertiary/aromatic N) is 3. The van der Waals surface area contributed by atoms with E-state index in [-0.39, 0.29) is 12.3 Å². The number of ether oxygens (including phenoxy) is 2. The molecule has 3 aromatic rings. The maximum absolute atomic E-state index is 11.4. The van der Waals surface area contributed by atoms with Gasteiger partial charge in [0.05, 0.1) is 25.8 Å². The number of carbonyl (C=O) groups is 1. The zero-order valence-corrected chi connectivity index (χ0v) is 21.1. The van der Waals surface area contributed by atoms with Gasteiger partial charge in [-0.2, -0.15) is 5.10 Å². The highest BCUT2D eigenvalue weighted by atomic mass is 16.5. The number of aromatic nitrogens is 2. The summed E-state index contributed by atoms with van der Waals surface area (Å²) in [5.41, 5.74) is 4.33. The van der Waals surface area contributed by atoms with Gasteiger partial charge in [0.15, 0.2) is 0 Å². The Balaban J connectivity index is 1.21. The first-order chi connectivity index (χ1) is 17.5. The second-order valence-corrected chi connectivity index (χ2v) is 10.1. The van der Waals surface area contributed by atoms with Crippen LogP contribution < -0.4 is 14.4 Å². The highest BCUT2D eigenvalue weighted by Gasteiger charge is 2.34. The molecule has 36 heavy (non-hydrogen) atoms. The summed E-state index contributed by atoms with van der Waals surface area (Å²) in [6.45, 7) is 2.57. The summed E-state index contributed by atoms with van der Waals surface area (Å²) in [5.74, 6) is 2.02. The number of carboxylic acid groups (broad SMARTS) is 1. The Morgan fingerprint density at radius 3 is 2.56 bits per heavy atom. The maximum Gasteiger partial charge on any atom is 0.303 e. The van der Waals surface area contributed by atoms with Crippen molar-refractivity contribution in [3.05, 3.63) is 60.3 Å². The molecule has 0 bridgehead atoms. The third-order valence-corrected chi connectivity index (χ3v) is 7.51. The first-order valence-electron chi connectivity index (χ1n) is 12.9. The molecule has 2 aliphatic rings. The number of carboxylic acids is 1. The lowest BCUT2D eigenvalue weighted by molar-refractivity contribution is -0.137. The molecule has 1 aromatic heterocycles. The number of anilines is 1. The van der Waals surface area contributed by atoms with Crippen molar-refractivity contribution in [2.45, 2.75) is 38.0 Å². The van der Waals surface area contributed by atoms with Gasteiger partial charge in [-0.05, 0) is 79.3 Å². The van der Waals surface area contributed by atoms with Gasteiger partial charge in [-0.3, -0.25) is 9.48 Å². The third-order valence-electron chi connectivity index (χ3n) is 7.51. The van der Waals surface area contributed by atoms with E-state index in [0.29, 0.717) is 18.4 Å². The van der Waals surface area contributed by atoms with E-state index in [1.807, 2.05) is 48.3 Å².